The third-order valence-corrected chi connectivity index (χ3v) is 12.3. The zero-order valence-electron chi connectivity index (χ0n) is 19.2. The summed E-state index contributed by atoms with van der Waals surface area (Å²) in [5.74, 6) is 0.322. The smallest absolute Gasteiger partial charge is 0.261 e. The summed E-state index contributed by atoms with van der Waals surface area (Å²) in [6.45, 7) is 11.4. The first-order valence-corrected chi connectivity index (χ1v) is 13.3. The van der Waals surface area contributed by atoms with Crippen molar-refractivity contribution in [2.24, 2.45) is 11.8 Å². The van der Waals surface area contributed by atoms with Gasteiger partial charge in [0.25, 0.3) is 8.32 Å². The molecule has 2 unspecified atom stereocenters. The first-order chi connectivity index (χ1) is 14.8. The van der Waals surface area contributed by atoms with E-state index in [2.05, 4.69) is 81.4 Å². The van der Waals surface area contributed by atoms with Crippen molar-refractivity contribution < 1.29 is 19.0 Å². The Hall–Kier alpha value is -1.50. The second-order valence-electron chi connectivity index (χ2n) is 10.2. The van der Waals surface area contributed by atoms with Crippen molar-refractivity contribution >= 4 is 18.7 Å². The fourth-order valence-electron chi connectivity index (χ4n) is 5.52. The van der Waals surface area contributed by atoms with Gasteiger partial charge in [0.2, 0.25) is 0 Å². The fourth-order valence-corrected chi connectivity index (χ4v) is 10.1. The molecule has 0 radical (unpaired) electrons. The zero-order chi connectivity index (χ0) is 22.1. The van der Waals surface area contributed by atoms with Crippen LogP contribution in [0.4, 0.5) is 0 Å². The van der Waals surface area contributed by atoms with E-state index in [4.69, 9.17) is 13.9 Å². The van der Waals surface area contributed by atoms with Gasteiger partial charge in [0.05, 0.1) is 31.5 Å². The molecule has 2 fully saturated rings. The van der Waals surface area contributed by atoms with Crippen LogP contribution in [0.25, 0.3) is 0 Å². The maximum atomic E-state index is 10.6. The summed E-state index contributed by atoms with van der Waals surface area (Å²) >= 11 is 0. The number of rotatable bonds is 6. The fraction of sp³-hybridized carbons (Fsp3) is 0.538. The van der Waals surface area contributed by atoms with E-state index in [1.54, 1.807) is 0 Å². The standard InChI is InChI=1S/C26H36O4Si/c1-25(2,3)31(21-11-7-5-8-12-21,22-13-9-6-10-14-22)30-18-20-17-28-19-23(20)26(4)24(27)15-16-29-26/h5-14,20,23-24,27H,15-19H2,1-4H3/t20?,23?,24-,26-/m0/s1. The summed E-state index contributed by atoms with van der Waals surface area (Å²) in [7, 11) is -2.59. The summed E-state index contributed by atoms with van der Waals surface area (Å²) < 4.78 is 19.1. The topological polar surface area (TPSA) is 47.9 Å². The molecule has 168 valence electrons. The Balaban J connectivity index is 1.69. The van der Waals surface area contributed by atoms with Crippen LogP contribution in [0.15, 0.2) is 60.7 Å². The number of aliphatic hydroxyl groups excluding tert-OH is 1. The second kappa shape index (κ2) is 8.79. The van der Waals surface area contributed by atoms with E-state index >= 15 is 0 Å². The quantitative estimate of drug-likeness (QED) is 0.700. The van der Waals surface area contributed by atoms with Crippen molar-refractivity contribution in [3.63, 3.8) is 0 Å². The predicted molar refractivity (Wildman–Crippen MR) is 126 cm³/mol. The summed E-state index contributed by atoms with van der Waals surface area (Å²) in [5.41, 5.74) is -0.560. The molecule has 2 aromatic rings. The average Bonchev–Trinajstić information content (AvgIpc) is 3.36. The Morgan fingerprint density at radius 1 is 1.00 bits per heavy atom. The summed E-state index contributed by atoms with van der Waals surface area (Å²) in [6, 6.07) is 21.5. The summed E-state index contributed by atoms with van der Waals surface area (Å²) in [6.07, 6.45) is 0.240. The van der Waals surface area contributed by atoms with Crippen molar-refractivity contribution in [1.29, 1.82) is 0 Å². The van der Waals surface area contributed by atoms with Crippen molar-refractivity contribution in [3.05, 3.63) is 60.7 Å². The highest BCUT2D eigenvalue weighted by Gasteiger charge is 2.54. The van der Waals surface area contributed by atoms with E-state index in [0.717, 1.165) is 0 Å². The molecule has 4 rings (SSSR count). The van der Waals surface area contributed by atoms with Gasteiger partial charge in [0, 0.05) is 18.4 Å². The van der Waals surface area contributed by atoms with E-state index in [9.17, 15) is 5.11 Å². The Morgan fingerprint density at radius 3 is 2.06 bits per heavy atom. The molecule has 0 amide bonds. The van der Waals surface area contributed by atoms with E-state index < -0.39 is 20.0 Å². The molecule has 2 saturated heterocycles. The maximum Gasteiger partial charge on any atom is 0.261 e. The number of benzene rings is 2. The molecule has 2 heterocycles. The van der Waals surface area contributed by atoms with E-state index in [1.165, 1.54) is 10.4 Å². The third-order valence-electron chi connectivity index (χ3n) is 7.33. The van der Waals surface area contributed by atoms with E-state index in [1.807, 2.05) is 6.92 Å². The molecule has 0 spiro atoms. The molecule has 1 N–H and O–H groups in total. The minimum atomic E-state index is -2.59. The lowest BCUT2D eigenvalue weighted by Gasteiger charge is -2.44. The lowest BCUT2D eigenvalue weighted by atomic mass is 9.78. The Labute approximate surface area is 187 Å². The van der Waals surface area contributed by atoms with Crippen LogP contribution in [0.5, 0.6) is 0 Å². The maximum absolute atomic E-state index is 10.6. The van der Waals surface area contributed by atoms with Gasteiger partial charge in [-0.1, -0.05) is 81.4 Å². The van der Waals surface area contributed by atoms with Crippen LogP contribution in [0, 0.1) is 11.8 Å². The van der Waals surface area contributed by atoms with Crippen LogP contribution in [0.2, 0.25) is 5.04 Å². The third kappa shape index (κ3) is 4.03. The number of aliphatic hydroxyl groups is 1. The summed E-state index contributed by atoms with van der Waals surface area (Å²) in [4.78, 5) is 0. The molecular formula is C26H36O4Si. The van der Waals surface area contributed by atoms with Crippen LogP contribution in [0.1, 0.15) is 34.1 Å². The Kier molecular flexibility index (Phi) is 6.43. The first kappa shape index (κ1) is 22.7. The lowest BCUT2D eigenvalue weighted by molar-refractivity contribution is -0.0976. The van der Waals surface area contributed by atoms with Gasteiger partial charge >= 0.3 is 0 Å². The summed E-state index contributed by atoms with van der Waals surface area (Å²) in [5, 5.41) is 13.1. The van der Waals surface area contributed by atoms with Gasteiger partial charge in [-0.2, -0.15) is 0 Å². The second-order valence-corrected chi connectivity index (χ2v) is 14.5. The van der Waals surface area contributed by atoms with Crippen molar-refractivity contribution in [2.75, 3.05) is 26.4 Å². The number of hydrogen-bond donors (Lipinski definition) is 1. The molecule has 4 atom stereocenters. The van der Waals surface area contributed by atoms with Gasteiger partial charge < -0.3 is 19.0 Å². The highest BCUT2D eigenvalue weighted by Crippen LogP contribution is 2.42. The van der Waals surface area contributed by atoms with Crippen molar-refractivity contribution in [1.82, 2.24) is 0 Å². The normalized spacial score (nSPS) is 29.4. The highest BCUT2D eigenvalue weighted by molar-refractivity contribution is 6.99. The minimum absolute atomic E-state index is 0.0576. The van der Waals surface area contributed by atoms with Gasteiger partial charge in [0.1, 0.15) is 0 Å². The molecule has 31 heavy (non-hydrogen) atoms. The Bertz CT molecular complexity index is 811. The van der Waals surface area contributed by atoms with Crippen LogP contribution < -0.4 is 10.4 Å². The van der Waals surface area contributed by atoms with Crippen molar-refractivity contribution in [2.45, 2.75) is 50.9 Å². The number of ether oxygens (including phenoxy) is 2. The molecule has 4 nitrogen and oxygen atoms in total. The molecule has 5 heteroatoms. The van der Waals surface area contributed by atoms with Crippen LogP contribution in [-0.2, 0) is 13.9 Å². The molecule has 0 aliphatic carbocycles. The zero-order valence-corrected chi connectivity index (χ0v) is 20.2. The predicted octanol–water partition coefficient (Wildman–Crippen LogP) is 3.37. The van der Waals surface area contributed by atoms with E-state index in [0.29, 0.717) is 32.8 Å². The largest absolute Gasteiger partial charge is 0.407 e. The highest BCUT2D eigenvalue weighted by atomic mass is 28.4. The minimum Gasteiger partial charge on any atom is -0.407 e. The van der Waals surface area contributed by atoms with Gasteiger partial charge in [-0.15, -0.1) is 0 Å². The molecule has 2 aliphatic rings. The van der Waals surface area contributed by atoms with Gasteiger partial charge in [0.15, 0.2) is 0 Å². The monoisotopic (exact) mass is 440 g/mol. The Morgan fingerprint density at radius 2 is 1.58 bits per heavy atom. The lowest BCUT2D eigenvalue weighted by Crippen LogP contribution is -2.67. The van der Waals surface area contributed by atoms with Crippen LogP contribution in [-0.4, -0.2) is 51.6 Å². The van der Waals surface area contributed by atoms with Crippen molar-refractivity contribution in [3.8, 4) is 0 Å². The first-order valence-electron chi connectivity index (χ1n) is 11.4. The average molecular weight is 441 g/mol. The van der Waals surface area contributed by atoms with Crippen LogP contribution in [0.3, 0.4) is 0 Å². The SMILES string of the molecule is CC(C)(C)[Si](OCC1COCC1[C@]1(C)OCC[C@@H]1O)(c1ccccc1)c1ccccc1. The number of hydrogen-bond acceptors (Lipinski definition) is 4. The molecule has 2 aliphatic heterocycles. The molecular weight excluding hydrogens is 404 g/mol. The van der Waals surface area contributed by atoms with Crippen LogP contribution >= 0.6 is 0 Å². The van der Waals surface area contributed by atoms with E-state index in [-0.39, 0.29) is 16.9 Å². The molecule has 0 aromatic heterocycles. The molecule has 0 bridgehead atoms. The van der Waals surface area contributed by atoms with Gasteiger partial charge in [-0.05, 0) is 28.8 Å². The molecule has 2 aromatic carbocycles. The van der Waals surface area contributed by atoms with Gasteiger partial charge in [-0.25, -0.2) is 0 Å². The van der Waals surface area contributed by atoms with Gasteiger partial charge in [-0.3, -0.25) is 0 Å². The molecule has 0 saturated carbocycles.